The number of esters is 2. The van der Waals surface area contributed by atoms with Crippen molar-refractivity contribution < 1.29 is 19.1 Å². The van der Waals surface area contributed by atoms with E-state index in [9.17, 15) is 9.59 Å². The summed E-state index contributed by atoms with van der Waals surface area (Å²) in [4.78, 5) is 24.4. The van der Waals surface area contributed by atoms with E-state index in [0.717, 1.165) is 58.0 Å². The van der Waals surface area contributed by atoms with Crippen LogP contribution in [0.5, 0.6) is 0 Å². The molecule has 2 fully saturated rings. The van der Waals surface area contributed by atoms with Crippen molar-refractivity contribution in [2.75, 3.05) is 27.3 Å². The van der Waals surface area contributed by atoms with Crippen LogP contribution in [0.2, 0.25) is 0 Å². The van der Waals surface area contributed by atoms with E-state index in [2.05, 4.69) is 10.6 Å². The van der Waals surface area contributed by atoms with Crippen LogP contribution in [0.3, 0.4) is 0 Å². The smallest absolute Gasteiger partial charge is 0.310 e. The Morgan fingerprint density at radius 3 is 1.48 bits per heavy atom. The molecule has 2 N–H and O–H groups in total. The minimum absolute atomic E-state index is 0. The number of hydrogen-bond acceptors (Lipinski definition) is 6. The van der Waals surface area contributed by atoms with Crippen molar-refractivity contribution in [3.63, 3.8) is 0 Å². The predicted molar refractivity (Wildman–Crippen MR) is 120 cm³/mol. The maximum absolute atomic E-state index is 12.2. The zero-order valence-electron chi connectivity index (χ0n) is 18.0. The van der Waals surface area contributed by atoms with Gasteiger partial charge in [0, 0.05) is 12.1 Å². The number of ether oxygens (including phenoxy) is 2. The van der Waals surface area contributed by atoms with Gasteiger partial charge >= 0.3 is 11.9 Å². The average Bonchev–Trinajstić information content (AvgIpc) is 2.73. The van der Waals surface area contributed by atoms with Crippen molar-refractivity contribution in [2.24, 2.45) is 11.8 Å². The van der Waals surface area contributed by atoms with E-state index in [1.165, 1.54) is 39.9 Å². The molecular weight excluding hydrogens is 415 g/mol. The summed E-state index contributed by atoms with van der Waals surface area (Å²) in [6, 6.07) is 0.501. The summed E-state index contributed by atoms with van der Waals surface area (Å²) in [6.07, 6.45) is 11.6. The van der Waals surface area contributed by atoms with Crippen LogP contribution in [0, 0.1) is 11.8 Å². The quantitative estimate of drug-likeness (QED) is 0.387. The molecule has 2 rings (SSSR count). The largest absolute Gasteiger partial charge is 0.469 e. The molecule has 0 saturated carbocycles. The molecule has 0 aliphatic carbocycles. The van der Waals surface area contributed by atoms with Gasteiger partial charge in [-0.2, -0.15) is 0 Å². The van der Waals surface area contributed by atoms with Gasteiger partial charge in [0.2, 0.25) is 0 Å². The normalized spacial score (nSPS) is 23.7. The van der Waals surface area contributed by atoms with E-state index in [0.29, 0.717) is 0 Å². The number of unbranched alkanes of at least 4 members (excludes halogenated alkanes) is 2. The van der Waals surface area contributed by atoms with Crippen LogP contribution in [-0.4, -0.2) is 51.3 Å². The molecule has 0 radical (unpaired) electrons. The fourth-order valence-corrected chi connectivity index (χ4v) is 4.62. The highest BCUT2D eigenvalue weighted by Crippen LogP contribution is 2.25. The van der Waals surface area contributed by atoms with Crippen LogP contribution < -0.4 is 10.6 Å². The monoisotopic (exact) mass is 454 g/mol. The molecule has 2 aliphatic heterocycles. The van der Waals surface area contributed by atoms with Crippen molar-refractivity contribution >= 4 is 36.8 Å². The molecule has 2 aliphatic rings. The van der Waals surface area contributed by atoms with Gasteiger partial charge in [-0.3, -0.25) is 9.59 Å². The number of hydrogen-bond donors (Lipinski definition) is 2. The van der Waals surface area contributed by atoms with Gasteiger partial charge in [0.25, 0.3) is 0 Å². The molecule has 29 heavy (non-hydrogen) atoms. The van der Waals surface area contributed by atoms with Gasteiger partial charge in [-0.25, -0.2) is 0 Å². The lowest BCUT2D eigenvalue weighted by Crippen LogP contribution is -2.43. The Balaban J connectivity index is 0.00000392. The summed E-state index contributed by atoms with van der Waals surface area (Å²) >= 11 is 0. The number of carbonyl (C=O) groups excluding carboxylic acids is 2. The van der Waals surface area contributed by atoms with Gasteiger partial charge in [-0.05, 0) is 51.6 Å². The molecule has 2 heterocycles. The topological polar surface area (TPSA) is 76.7 Å². The number of methoxy groups -OCH3 is 2. The highest BCUT2D eigenvalue weighted by molar-refractivity contribution is 5.85. The van der Waals surface area contributed by atoms with Crippen molar-refractivity contribution in [1.29, 1.82) is 0 Å². The SMILES string of the molecule is COC(=O)C(CCCCCC(C(=O)OC)C1CCCCN1)C1CCCCN1.Cl.Cl. The van der Waals surface area contributed by atoms with Gasteiger partial charge in [0.15, 0.2) is 0 Å². The van der Waals surface area contributed by atoms with Crippen molar-refractivity contribution in [1.82, 2.24) is 10.6 Å². The number of piperidine rings is 2. The minimum Gasteiger partial charge on any atom is -0.469 e. The molecule has 172 valence electrons. The average molecular weight is 455 g/mol. The Morgan fingerprint density at radius 1 is 0.759 bits per heavy atom. The zero-order chi connectivity index (χ0) is 19.5. The molecular formula is C21H40Cl2N2O4. The lowest BCUT2D eigenvalue weighted by atomic mass is 9.86. The number of halogens is 2. The van der Waals surface area contributed by atoms with E-state index < -0.39 is 0 Å². The van der Waals surface area contributed by atoms with Crippen LogP contribution in [-0.2, 0) is 19.1 Å². The summed E-state index contributed by atoms with van der Waals surface area (Å²) in [5, 5.41) is 6.98. The lowest BCUT2D eigenvalue weighted by molar-refractivity contribution is -0.147. The Bertz CT molecular complexity index is 416. The standard InChI is InChI=1S/C21H38N2O4.2ClH/c1-26-20(24)16(18-12-6-8-14-22-18)10-4-3-5-11-17(21(25)27-2)19-13-7-9-15-23-19;;/h16-19,22-23H,3-15H2,1-2H3;2*1H. The molecule has 0 aromatic heterocycles. The predicted octanol–water partition coefficient (Wildman–Crippen LogP) is 3.64. The van der Waals surface area contributed by atoms with Crippen LogP contribution in [0.1, 0.15) is 70.6 Å². The second-order valence-electron chi connectivity index (χ2n) is 8.01. The molecule has 8 heteroatoms. The fourth-order valence-electron chi connectivity index (χ4n) is 4.62. The van der Waals surface area contributed by atoms with E-state index >= 15 is 0 Å². The Morgan fingerprint density at radius 2 is 1.17 bits per heavy atom. The first-order chi connectivity index (χ1) is 13.2. The fraction of sp³-hybridized carbons (Fsp3) is 0.905. The molecule has 4 unspecified atom stereocenters. The van der Waals surface area contributed by atoms with Crippen LogP contribution in [0.25, 0.3) is 0 Å². The summed E-state index contributed by atoms with van der Waals surface area (Å²) in [5.74, 6) is -0.278. The van der Waals surface area contributed by atoms with E-state index in [1.807, 2.05) is 0 Å². The van der Waals surface area contributed by atoms with Crippen LogP contribution >= 0.6 is 24.8 Å². The summed E-state index contributed by atoms with van der Waals surface area (Å²) in [6.45, 7) is 1.99. The Kier molecular flexibility index (Phi) is 15.9. The first kappa shape index (κ1) is 28.4. The third-order valence-corrected chi connectivity index (χ3v) is 6.21. The minimum atomic E-state index is -0.0896. The number of nitrogens with one attached hydrogen (secondary N) is 2. The van der Waals surface area contributed by atoms with Crippen molar-refractivity contribution in [3.8, 4) is 0 Å². The number of rotatable bonds is 10. The number of carbonyl (C=O) groups is 2. The second-order valence-corrected chi connectivity index (χ2v) is 8.01. The van der Waals surface area contributed by atoms with Crippen molar-refractivity contribution in [3.05, 3.63) is 0 Å². The third kappa shape index (κ3) is 9.41. The van der Waals surface area contributed by atoms with E-state index in [-0.39, 0.29) is 60.7 Å². The van der Waals surface area contributed by atoms with Gasteiger partial charge in [-0.15, -0.1) is 24.8 Å². The molecule has 4 atom stereocenters. The summed E-state index contributed by atoms with van der Waals surface area (Å²) in [7, 11) is 2.96. The zero-order valence-corrected chi connectivity index (χ0v) is 19.6. The Labute approximate surface area is 188 Å². The van der Waals surface area contributed by atoms with Crippen molar-refractivity contribution in [2.45, 2.75) is 82.7 Å². The molecule has 0 spiro atoms. The molecule has 2 saturated heterocycles. The van der Waals surface area contributed by atoms with E-state index in [4.69, 9.17) is 9.47 Å². The van der Waals surface area contributed by atoms with Crippen LogP contribution in [0.15, 0.2) is 0 Å². The summed E-state index contributed by atoms with van der Waals surface area (Å²) < 4.78 is 10.1. The third-order valence-electron chi connectivity index (χ3n) is 6.21. The maximum Gasteiger partial charge on any atom is 0.310 e. The van der Waals surface area contributed by atoms with Gasteiger partial charge in [-0.1, -0.05) is 32.1 Å². The maximum atomic E-state index is 12.2. The summed E-state index contributed by atoms with van der Waals surface area (Å²) in [5.41, 5.74) is 0. The van der Waals surface area contributed by atoms with Gasteiger partial charge in [0.05, 0.1) is 26.1 Å². The van der Waals surface area contributed by atoms with Gasteiger partial charge in [0.1, 0.15) is 0 Å². The molecule has 0 bridgehead atoms. The Hall–Kier alpha value is -0.560. The highest BCUT2D eigenvalue weighted by Gasteiger charge is 2.31. The highest BCUT2D eigenvalue weighted by atomic mass is 35.5. The molecule has 0 aromatic carbocycles. The molecule has 6 nitrogen and oxygen atoms in total. The first-order valence-corrected chi connectivity index (χ1v) is 10.8. The molecule has 0 amide bonds. The van der Waals surface area contributed by atoms with Crippen LogP contribution in [0.4, 0.5) is 0 Å². The molecule has 0 aromatic rings. The first-order valence-electron chi connectivity index (χ1n) is 10.8. The van der Waals surface area contributed by atoms with Gasteiger partial charge < -0.3 is 20.1 Å². The van der Waals surface area contributed by atoms with E-state index in [1.54, 1.807) is 0 Å². The second kappa shape index (κ2) is 16.2. The lowest BCUT2D eigenvalue weighted by Gasteiger charge is -2.30.